The number of phenols is 1. The van der Waals surface area contributed by atoms with Crippen molar-refractivity contribution in [1.29, 1.82) is 0 Å². The van der Waals surface area contributed by atoms with E-state index < -0.39 is 0 Å². The molecule has 18 heavy (non-hydrogen) atoms. The van der Waals surface area contributed by atoms with Gasteiger partial charge in [0.25, 0.3) is 0 Å². The van der Waals surface area contributed by atoms with Crippen molar-refractivity contribution in [2.75, 3.05) is 0 Å². The Hall–Kier alpha value is -2.03. The van der Waals surface area contributed by atoms with E-state index in [2.05, 4.69) is 13.2 Å². The third-order valence-corrected chi connectivity index (χ3v) is 2.49. The van der Waals surface area contributed by atoms with Crippen molar-refractivity contribution in [3.63, 3.8) is 0 Å². The van der Waals surface area contributed by atoms with Crippen LogP contribution < -0.4 is 4.74 Å². The highest BCUT2D eigenvalue weighted by Crippen LogP contribution is 2.30. The summed E-state index contributed by atoms with van der Waals surface area (Å²) >= 11 is 0. The molecule has 96 valence electrons. The van der Waals surface area contributed by atoms with Crippen LogP contribution in [0.5, 0.6) is 11.5 Å². The predicted molar refractivity (Wildman–Crippen MR) is 71.8 cm³/mol. The number of allylic oxidation sites excluding steroid dienone is 2. The molecule has 0 spiro atoms. The first kappa shape index (κ1) is 14.0. The highest BCUT2D eigenvalue weighted by molar-refractivity contribution is 5.72. The molecule has 0 aliphatic carbocycles. The molecule has 1 aromatic carbocycles. The number of rotatable bonds is 6. The maximum absolute atomic E-state index is 11.3. The van der Waals surface area contributed by atoms with Crippen LogP contribution in [0.3, 0.4) is 0 Å². The van der Waals surface area contributed by atoms with E-state index in [0.29, 0.717) is 36.1 Å². The molecule has 0 radical (unpaired) electrons. The first-order valence-corrected chi connectivity index (χ1v) is 5.89. The lowest BCUT2D eigenvalue weighted by atomic mass is 10.0. The number of ether oxygens (including phenoxy) is 1. The van der Waals surface area contributed by atoms with Gasteiger partial charge in [0.1, 0.15) is 11.5 Å². The van der Waals surface area contributed by atoms with E-state index in [1.807, 2.05) is 0 Å². The molecule has 0 saturated carbocycles. The molecule has 0 amide bonds. The molecule has 3 nitrogen and oxygen atoms in total. The molecular weight excluding hydrogens is 228 g/mol. The van der Waals surface area contributed by atoms with Crippen LogP contribution in [-0.2, 0) is 17.6 Å². The Bertz CT molecular complexity index is 430. The Morgan fingerprint density at radius 3 is 2.17 bits per heavy atom. The van der Waals surface area contributed by atoms with Gasteiger partial charge in [0.15, 0.2) is 0 Å². The second kappa shape index (κ2) is 6.64. The molecule has 0 bridgehead atoms. The van der Waals surface area contributed by atoms with Crippen LogP contribution in [-0.4, -0.2) is 11.1 Å². The van der Waals surface area contributed by atoms with Crippen molar-refractivity contribution in [3.8, 4) is 11.5 Å². The number of aromatic hydroxyl groups is 1. The summed E-state index contributed by atoms with van der Waals surface area (Å²) in [4.78, 5) is 11.3. The SMILES string of the molecule is C=CCc1cc(OC(=O)CC)cc(CC=C)c1O. The van der Waals surface area contributed by atoms with Gasteiger partial charge in [0.05, 0.1) is 0 Å². The molecule has 0 atom stereocenters. The molecule has 0 heterocycles. The van der Waals surface area contributed by atoms with Crippen LogP contribution in [0.25, 0.3) is 0 Å². The number of hydrogen-bond donors (Lipinski definition) is 1. The van der Waals surface area contributed by atoms with Gasteiger partial charge < -0.3 is 9.84 Å². The maximum atomic E-state index is 11.3. The fourth-order valence-electron chi connectivity index (χ4n) is 1.61. The summed E-state index contributed by atoms with van der Waals surface area (Å²) in [5.74, 6) is 0.370. The van der Waals surface area contributed by atoms with Gasteiger partial charge in [0.2, 0.25) is 0 Å². The summed E-state index contributed by atoms with van der Waals surface area (Å²) in [5, 5.41) is 10.0. The van der Waals surface area contributed by atoms with Gasteiger partial charge in [-0.05, 0) is 25.0 Å². The number of hydrogen-bond acceptors (Lipinski definition) is 3. The average Bonchev–Trinajstić information content (AvgIpc) is 2.35. The lowest BCUT2D eigenvalue weighted by Crippen LogP contribution is -2.06. The van der Waals surface area contributed by atoms with Crippen LogP contribution in [0.4, 0.5) is 0 Å². The smallest absolute Gasteiger partial charge is 0.310 e. The number of esters is 1. The molecular formula is C15H18O3. The van der Waals surface area contributed by atoms with Gasteiger partial charge in [0, 0.05) is 17.5 Å². The summed E-state index contributed by atoms with van der Waals surface area (Å²) in [5.41, 5.74) is 1.39. The summed E-state index contributed by atoms with van der Waals surface area (Å²) in [6.45, 7) is 9.02. The molecule has 3 heteroatoms. The molecule has 0 unspecified atom stereocenters. The summed E-state index contributed by atoms with van der Waals surface area (Å²) < 4.78 is 5.17. The summed E-state index contributed by atoms with van der Waals surface area (Å²) in [6.07, 6.45) is 4.74. The zero-order valence-electron chi connectivity index (χ0n) is 10.6. The lowest BCUT2D eigenvalue weighted by Gasteiger charge is -2.11. The quantitative estimate of drug-likeness (QED) is 0.476. The first-order valence-electron chi connectivity index (χ1n) is 5.89. The van der Waals surface area contributed by atoms with Gasteiger partial charge in [-0.3, -0.25) is 4.79 Å². The largest absolute Gasteiger partial charge is 0.507 e. The minimum Gasteiger partial charge on any atom is -0.507 e. The first-order chi connectivity index (χ1) is 8.62. The lowest BCUT2D eigenvalue weighted by molar-refractivity contribution is -0.134. The van der Waals surface area contributed by atoms with Crippen molar-refractivity contribution in [2.45, 2.75) is 26.2 Å². The normalized spacial score (nSPS) is 9.83. The fraction of sp³-hybridized carbons (Fsp3) is 0.267. The van der Waals surface area contributed by atoms with Crippen molar-refractivity contribution < 1.29 is 14.6 Å². The predicted octanol–water partition coefficient (Wildman–Crippen LogP) is 3.16. The topological polar surface area (TPSA) is 46.5 Å². The van der Waals surface area contributed by atoms with Gasteiger partial charge in [-0.25, -0.2) is 0 Å². The molecule has 0 aromatic heterocycles. The van der Waals surface area contributed by atoms with Crippen molar-refractivity contribution in [2.24, 2.45) is 0 Å². The van der Waals surface area contributed by atoms with Crippen molar-refractivity contribution in [1.82, 2.24) is 0 Å². The second-order valence-corrected chi connectivity index (χ2v) is 3.90. The van der Waals surface area contributed by atoms with Gasteiger partial charge in [-0.2, -0.15) is 0 Å². The molecule has 1 aromatic rings. The molecule has 0 aliphatic heterocycles. The van der Waals surface area contributed by atoms with E-state index in [-0.39, 0.29) is 11.7 Å². The zero-order chi connectivity index (χ0) is 13.5. The molecule has 0 aliphatic rings. The van der Waals surface area contributed by atoms with Gasteiger partial charge in [-0.1, -0.05) is 19.1 Å². The Labute approximate surface area is 107 Å². The highest BCUT2D eigenvalue weighted by Gasteiger charge is 2.11. The van der Waals surface area contributed by atoms with E-state index in [1.54, 1.807) is 31.2 Å². The standard InChI is InChI=1S/C15H18O3/c1-4-7-11-9-13(18-14(16)6-3)10-12(8-5-2)15(11)17/h4-5,9-10,17H,1-2,6-8H2,3H3. The maximum Gasteiger partial charge on any atom is 0.310 e. The Morgan fingerprint density at radius 2 is 1.78 bits per heavy atom. The molecule has 0 fully saturated rings. The summed E-state index contributed by atoms with van der Waals surface area (Å²) in [6, 6.07) is 3.33. The van der Waals surface area contributed by atoms with Crippen LogP contribution >= 0.6 is 0 Å². The van der Waals surface area contributed by atoms with E-state index in [4.69, 9.17) is 4.74 Å². The Kier molecular flexibility index (Phi) is 5.18. The highest BCUT2D eigenvalue weighted by atomic mass is 16.5. The monoisotopic (exact) mass is 246 g/mol. The van der Waals surface area contributed by atoms with Crippen molar-refractivity contribution in [3.05, 3.63) is 48.6 Å². The van der Waals surface area contributed by atoms with Crippen LogP contribution in [0.1, 0.15) is 24.5 Å². The van der Waals surface area contributed by atoms with E-state index >= 15 is 0 Å². The van der Waals surface area contributed by atoms with Crippen LogP contribution in [0.15, 0.2) is 37.4 Å². The Balaban J connectivity index is 3.14. The fourth-order valence-corrected chi connectivity index (χ4v) is 1.61. The third kappa shape index (κ3) is 3.48. The zero-order valence-corrected chi connectivity index (χ0v) is 10.6. The molecule has 1 rings (SSSR count). The van der Waals surface area contributed by atoms with E-state index in [0.717, 1.165) is 0 Å². The number of benzene rings is 1. The summed E-state index contributed by atoms with van der Waals surface area (Å²) in [7, 11) is 0. The van der Waals surface area contributed by atoms with Crippen LogP contribution in [0.2, 0.25) is 0 Å². The minimum absolute atomic E-state index is 0.214. The van der Waals surface area contributed by atoms with E-state index in [9.17, 15) is 9.90 Å². The number of carbonyl (C=O) groups excluding carboxylic acids is 1. The molecule has 1 N–H and O–H groups in total. The third-order valence-electron chi connectivity index (χ3n) is 2.49. The number of phenolic OH excluding ortho intramolecular Hbond substituents is 1. The van der Waals surface area contributed by atoms with Crippen LogP contribution in [0, 0.1) is 0 Å². The average molecular weight is 246 g/mol. The Morgan fingerprint density at radius 1 is 1.28 bits per heavy atom. The molecule has 0 saturated heterocycles. The number of carbonyl (C=O) groups is 1. The van der Waals surface area contributed by atoms with Gasteiger partial charge >= 0.3 is 5.97 Å². The van der Waals surface area contributed by atoms with Gasteiger partial charge in [-0.15, -0.1) is 13.2 Å². The van der Waals surface area contributed by atoms with E-state index in [1.165, 1.54) is 0 Å². The second-order valence-electron chi connectivity index (χ2n) is 3.90. The van der Waals surface area contributed by atoms with Crippen molar-refractivity contribution >= 4 is 5.97 Å². The minimum atomic E-state index is -0.296.